The monoisotopic (exact) mass is 263 g/mol. The third-order valence-corrected chi connectivity index (χ3v) is 4.03. The highest BCUT2D eigenvalue weighted by atomic mass is 14.9. The Hall–Kier alpha value is -2.02. The highest BCUT2D eigenvalue weighted by Crippen LogP contribution is 2.30. The van der Waals surface area contributed by atoms with Crippen molar-refractivity contribution in [2.24, 2.45) is 0 Å². The topological polar surface area (TPSA) is 12.0 Å². The Bertz CT molecular complexity index is 587. The quantitative estimate of drug-likeness (QED) is 0.839. The molecule has 102 valence electrons. The van der Waals surface area contributed by atoms with Gasteiger partial charge in [-0.25, -0.2) is 0 Å². The number of benzene rings is 1. The van der Waals surface area contributed by atoms with E-state index in [-0.39, 0.29) is 0 Å². The lowest BCUT2D eigenvalue weighted by molar-refractivity contribution is 0.728. The molecule has 0 saturated carbocycles. The smallest absolute Gasteiger partial charge is 0.0661 e. The first-order valence-electron chi connectivity index (χ1n) is 7.47. The summed E-state index contributed by atoms with van der Waals surface area (Å²) in [6.07, 6.45) is 14.7. The van der Waals surface area contributed by atoms with Gasteiger partial charge in [0.2, 0.25) is 0 Å². The van der Waals surface area contributed by atoms with Crippen LogP contribution in [0.3, 0.4) is 0 Å². The summed E-state index contributed by atoms with van der Waals surface area (Å²) in [5.74, 6) is 0. The Morgan fingerprint density at radius 2 is 2.05 bits per heavy atom. The van der Waals surface area contributed by atoms with Crippen molar-refractivity contribution in [2.45, 2.75) is 32.2 Å². The van der Waals surface area contributed by atoms with Gasteiger partial charge in [-0.3, -0.25) is 0 Å². The van der Waals surface area contributed by atoms with E-state index < -0.39 is 0 Å². The molecule has 0 fully saturated rings. The fraction of sp³-hybridized carbons (Fsp3) is 0.263. The predicted octanol–water partition coefficient (Wildman–Crippen LogP) is 4.61. The molecule has 3 rings (SSSR count). The molecule has 1 aromatic carbocycles. The van der Waals surface area contributed by atoms with E-state index in [2.05, 4.69) is 73.1 Å². The highest BCUT2D eigenvalue weighted by Gasteiger charge is 2.18. The van der Waals surface area contributed by atoms with Crippen molar-refractivity contribution in [3.8, 4) is 0 Å². The van der Waals surface area contributed by atoms with Gasteiger partial charge in [-0.2, -0.15) is 0 Å². The highest BCUT2D eigenvalue weighted by molar-refractivity contribution is 5.80. The van der Waals surface area contributed by atoms with E-state index >= 15 is 0 Å². The molecule has 0 radical (unpaired) electrons. The maximum absolute atomic E-state index is 3.56. The minimum Gasteiger partial charge on any atom is -0.380 e. The summed E-state index contributed by atoms with van der Waals surface area (Å²) in [6.45, 7) is 2.24. The van der Waals surface area contributed by atoms with Crippen molar-refractivity contribution in [2.75, 3.05) is 0 Å². The predicted molar refractivity (Wildman–Crippen MR) is 86.2 cm³/mol. The minimum absolute atomic E-state index is 0.363. The zero-order valence-corrected chi connectivity index (χ0v) is 12.0. The van der Waals surface area contributed by atoms with Crippen LogP contribution in [0, 0.1) is 0 Å². The third kappa shape index (κ3) is 2.62. The van der Waals surface area contributed by atoms with Gasteiger partial charge in [0.15, 0.2) is 0 Å². The summed E-state index contributed by atoms with van der Waals surface area (Å²) >= 11 is 0. The molecule has 0 saturated heterocycles. The first-order valence-corrected chi connectivity index (χ1v) is 7.47. The average Bonchev–Trinajstić information content (AvgIpc) is 2.56. The number of rotatable bonds is 3. The molecule has 1 aromatic rings. The third-order valence-electron chi connectivity index (χ3n) is 4.03. The first-order chi connectivity index (χ1) is 9.88. The normalized spacial score (nSPS) is 21.6. The lowest BCUT2D eigenvalue weighted by Gasteiger charge is -2.26. The molecule has 1 aliphatic heterocycles. The lowest BCUT2D eigenvalue weighted by Crippen LogP contribution is -2.28. The van der Waals surface area contributed by atoms with Crippen LogP contribution in [-0.2, 0) is 0 Å². The van der Waals surface area contributed by atoms with Crippen molar-refractivity contribution in [3.05, 3.63) is 77.5 Å². The molecular formula is C19H21N. The summed E-state index contributed by atoms with van der Waals surface area (Å²) in [4.78, 5) is 0. The molecule has 1 unspecified atom stereocenters. The Morgan fingerprint density at radius 3 is 2.75 bits per heavy atom. The van der Waals surface area contributed by atoms with Gasteiger partial charge in [0.05, 0.1) is 6.04 Å². The molecule has 0 amide bonds. The van der Waals surface area contributed by atoms with Gasteiger partial charge >= 0.3 is 0 Å². The van der Waals surface area contributed by atoms with Crippen molar-refractivity contribution in [1.29, 1.82) is 0 Å². The van der Waals surface area contributed by atoms with E-state index in [0.717, 1.165) is 19.3 Å². The second-order valence-corrected chi connectivity index (χ2v) is 5.32. The molecule has 1 N–H and O–H groups in total. The van der Waals surface area contributed by atoms with E-state index in [1.807, 2.05) is 0 Å². The van der Waals surface area contributed by atoms with Crippen LogP contribution in [0.5, 0.6) is 0 Å². The first kappa shape index (κ1) is 13.0. The summed E-state index contributed by atoms with van der Waals surface area (Å²) in [5.41, 5.74) is 5.55. The van der Waals surface area contributed by atoms with Crippen LogP contribution in [0.2, 0.25) is 0 Å². The van der Waals surface area contributed by atoms with Crippen molar-refractivity contribution < 1.29 is 0 Å². The molecule has 1 nitrogen and oxygen atoms in total. The molecule has 1 heteroatoms. The summed E-state index contributed by atoms with van der Waals surface area (Å²) in [7, 11) is 0. The molecule has 1 heterocycles. The van der Waals surface area contributed by atoms with E-state index in [4.69, 9.17) is 0 Å². The SMILES string of the molecule is CCC1=CC(C2=CC=CCC2)NC=C1c1ccccc1. The summed E-state index contributed by atoms with van der Waals surface area (Å²) in [6, 6.07) is 11.0. The van der Waals surface area contributed by atoms with E-state index in [1.165, 1.54) is 22.3 Å². The number of hydrogen-bond acceptors (Lipinski definition) is 1. The molecule has 2 aliphatic rings. The number of nitrogens with one attached hydrogen (secondary N) is 1. The summed E-state index contributed by atoms with van der Waals surface area (Å²) in [5, 5.41) is 3.56. The van der Waals surface area contributed by atoms with Crippen LogP contribution < -0.4 is 5.32 Å². The van der Waals surface area contributed by atoms with Gasteiger partial charge in [-0.05, 0) is 36.0 Å². The molecule has 0 spiro atoms. The van der Waals surface area contributed by atoms with Gasteiger partial charge in [0.25, 0.3) is 0 Å². The minimum atomic E-state index is 0.363. The maximum atomic E-state index is 3.56. The molecule has 0 aromatic heterocycles. The summed E-state index contributed by atoms with van der Waals surface area (Å²) < 4.78 is 0. The second kappa shape index (κ2) is 5.96. The van der Waals surface area contributed by atoms with Crippen LogP contribution in [0.25, 0.3) is 5.57 Å². The number of allylic oxidation sites excluding steroid dienone is 5. The molecular weight excluding hydrogens is 242 g/mol. The molecule has 20 heavy (non-hydrogen) atoms. The van der Waals surface area contributed by atoms with Gasteiger partial charge in [-0.15, -0.1) is 0 Å². The van der Waals surface area contributed by atoms with Crippen molar-refractivity contribution in [3.63, 3.8) is 0 Å². The van der Waals surface area contributed by atoms with Crippen LogP contribution in [0.15, 0.2) is 72.0 Å². The average molecular weight is 263 g/mol. The maximum Gasteiger partial charge on any atom is 0.0661 e. The zero-order valence-electron chi connectivity index (χ0n) is 12.0. The van der Waals surface area contributed by atoms with Crippen LogP contribution in [-0.4, -0.2) is 6.04 Å². The standard InChI is InChI=1S/C19H21N/c1-2-15-13-19(17-11-7-4-8-12-17)20-14-18(15)16-9-5-3-6-10-16/h3-7,9-11,13-14,19-20H,2,8,12H2,1H3. The van der Waals surface area contributed by atoms with Crippen LogP contribution in [0.4, 0.5) is 0 Å². The fourth-order valence-electron chi connectivity index (χ4n) is 2.89. The van der Waals surface area contributed by atoms with E-state index in [1.54, 1.807) is 0 Å². The van der Waals surface area contributed by atoms with Crippen molar-refractivity contribution >= 4 is 5.57 Å². The molecule has 1 atom stereocenters. The second-order valence-electron chi connectivity index (χ2n) is 5.32. The Balaban J connectivity index is 1.87. The van der Waals surface area contributed by atoms with Crippen LogP contribution in [0.1, 0.15) is 31.7 Å². The fourth-order valence-corrected chi connectivity index (χ4v) is 2.89. The Morgan fingerprint density at radius 1 is 1.20 bits per heavy atom. The zero-order chi connectivity index (χ0) is 13.8. The van der Waals surface area contributed by atoms with Crippen LogP contribution >= 0.6 is 0 Å². The Kier molecular flexibility index (Phi) is 3.87. The Labute approximate surface area is 121 Å². The van der Waals surface area contributed by atoms with Gasteiger partial charge in [0.1, 0.15) is 0 Å². The van der Waals surface area contributed by atoms with Crippen molar-refractivity contribution in [1.82, 2.24) is 5.32 Å². The molecule has 1 aliphatic carbocycles. The molecule has 0 bridgehead atoms. The van der Waals surface area contributed by atoms with Gasteiger partial charge in [0, 0.05) is 11.8 Å². The van der Waals surface area contributed by atoms with E-state index in [0.29, 0.717) is 6.04 Å². The largest absolute Gasteiger partial charge is 0.380 e. The lowest BCUT2D eigenvalue weighted by atomic mass is 9.89. The van der Waals surface area contributed by atoms with E-state index in [9.17, 15) is 0 Å². The number of hydrogen-bond donors (Lipinski definition) is 1. The van der Waals surface area contributed by atoms with Gasteiger partial charge < -0.3 is 5.32 Å². The van der Waals surface area contributed by atoms with Gasteiger partial charge in [-0.1, -0.05) is 61.6 Å². The number of dihydropyridines is 1.